The van der Waals surface area contributed by atoms with E-state index in [4.69, 9.17) is 5.26 Å². The maximum atomic E-state index is 9.09. The largest absolute Gasteiger partial charge is 0.341 e. The van der Waals surface area contributed by atoms with E-state index in [1.54, 1.807) is 12.3 Å². The molecule has 110 valence electrons. The van der Waals surface area contributed by atoms with Gasteiger partial charge >= 0.3 is 0 Å². The highest BCUT2D eigenvalue weighted by molar-refractivity contribution is 6.02. The lowest BCUT2D eigenvalue weighted by molar-refractivity contribution is 0.980. The van der Waals surface area contributed by atoms with Gasteiger partial charge < -0.3 is 4.98 Å². The molecule has 3 aromatic heterocycles. The topological polar surface area (TPSA) is 78.2 Å². The third-order valence-electron chi connectivity index (χ3n) is 3.82. The zero-order chi connectivity index (χ0) is 15.8. The zero-order valence-electron chi connectivity index (χ0n) is 12.5. The van der Waals surface area contributed by atoms with Gasteiger partial charge in [-0.05, 0) is 36.8 Å². The summed E-state index contributed by atoms with van der Waals surface area (Å²) in [6.07, 6.45) is 4.24. The summed E-state index contributed by atoms with van der Waals surface area (Å²) in [5, 5.41) is 10.0. The summed E-state index contributed by atoms with van der Waals surface area (Å²) >= 11 is 0. The predicted molar refractivity (Wildman–Crippen MR) is 87.9 cm³/mol. The van der Waals surface area contributed by atoms with E-state index in [2.05, 4.69) is 26.0 Å². The van der Waals surface area contributed by atoms with Crippen molar-refractivity contribution in [2.75, 3.05) is 0 Å². The highest BCUT2D eigenvalue weighted by Crippen LogP contribution is 2.23. The summed E-state index contributed by atoms with van der Waals surface area (Å²) in [5.41, 5.74) is 5.27. The van der Waals surface area contributed by atoms with Crippen molar-refractivity contribution in [2.45, 2.75) is 13.3 Å². The Morgan fingerprint density at radius 2 is 2.00 bits per heavy atom. The molecule has 5 nitrogen and oxygen atoms in total. The standard InChI is InChI=1S/C18H13N5/c1-11-2-4-13(20-9-11)7-17-22-16-10-21-15-5-3-12(8-19)6-14(15)18(16)23-17/h2-6,9-10H,7H2,1H3,(H,22,23). The number of hydrogen-bond donors (Lipinski definition) is 1. The molecule has 0 aliphatic rings. The minimum Gasteiger partial charge on any atom is -0.341 e. The number of aromatic nitrogens is 4. The molecule has 23 heavy (non-hydrogen) atoms. The van der Waals surface area contributed by atoms with Gasteiger partial charge in [0.25, 0.3) is 0 Å². The van der Waals surface area contributed by atoms with Crippen molar-refractivity contribution in [1.29, 1.82) is 5.26 Å². The molecule has 4 aromatic rings. The molecule has 4 rings (SSSR count). The van der Waals surface area contributed by atoms with Crippen LogP contribution < -0.4 is 0 Å². The number of benzene rings is 1. The second kappa shape index (κ2) is 5.18. The molecule has 0 saturated heterocycles. The summed E-state index contributed by atoms with van der Waals surface area (Å²) in [7, 11) is 0. The Kier molecular flexibility index (Phi) is 3.02. The van der Waals surface area contributed by atoms with Crippen LogP contribution >= 0.6 is 0 Å². The summed E-state index contributed by atoms with van der Waals surface area (Å²) in [4.78, 5) is 16.8. The number of nitrogens with one attached hydrogen (secondary N) is 1. The van der Waals surface area contributed by atoms with Gasteiger partial charge in [0.05, 0.1) is 28.9 Å². The first kappa shape index (κ1) is 13.4. The molecular weight excluding hydrogens is 286 g/mol. The van der Waals surface area contributed by atoms with Gasteiger partial charge in [0.1, 0.15) is 11.3 Å². The van der Waals surface area contributed by atoms with E-state index in [0.717, 1.165) is 39.0 Å². The zero-order valence-corrected chi connectivity index (χ0v) is 12.5. The summed E-state index contributed by atoms with van der Waals surface area (Å²) in [6.45, 7) is 2.02. The Hall–Kier alpha value is -3.26. The number of rotatable bonds is 2. The highest BCUT2D eigenvalue weighted by atomic mass is 14.9. The van der Waals surface area contributed by atoms with E-state index in [9.17, 15) is 0 Å². The SMILES string of the molecule is Cc1ccc(Cc2nc3cnc4ccc(C#N)cc4c3[nH]2)nc1. The fraction of sp³-hybridized carbons (Fsp3) is 0.111. The van der Waals surface area contributed by atoms with Gasteiger partial charge in [-0.1, -0.05) is 6.07 Å². The lowest BCUT2D eigenvalue weighted by atomic mass is 10.1. The fourth-order valence-corrected chi connectivity index (χ4v) is 2.64. The van der Waals surface area contributed by atoms with Gasteiger partial charge in [-0.3, -0.25) is 9.97 Å². The fourth-order valence-electron chi connectivity index (χ4n) is 2.64. The van der Waals surface area contributed by atoms with Crippen LogP contribution in [0.2, 0.25) is 0 Å². The quantitative estimate of drug-likeness (QED) is 0.616. The van der Waals surface area contributed by atoms with Crippen LogP contribution in [0.1, 0.15) is 22.6 Å². The molecule has 5 heteroatoms. The number of nitrogens with zero attached hydrogens (tertiary/aromatic N) is 4. The molecular formula is C18H13N5. The average molecular weight is 299 g/mol. The molecule has 0 spiro atoms. The number of fused-ring (bicyclic) bond motifs is 3. The van der Waals surface area contributed by atoms with Crippen molar-refractivity contribution in [3.63, 3.8) is 0 Å². The van der Waals surface area contributed by atoms with Crippen molar-refractivity contribution in [2.24, 2.45) is 0 Å². The van der Waals surface area contributed by atoms with Crippen LogP contribution in [0.5, 0.6) is 0 Å². The van der Waals surface area contributed by atoms with Gasteiger partial charge in [0.15, 0.2) is 0 Å². The second-order valence-electron chi connectivity index (χ2n) is 5.55. The minimum absolute atomic E-state index is 0.614. The third-order valence-corrected chi connectivity index (χ3v) is 3.82. The van der Waals surface area contributed by atoms with Crippen molar-refractivity contribution < 1.29 is 0 Å². The highest BCUT2D eigenvalue weighted by Gasteiger charge is 2.09. The molecule has 3 heterocycles. The number of nitriles is 1. The van der Waals surface area contributed by atoms with Crippen molar-refractivity contribution in [3.05, 3.63) is 65.4 Å². The lowest BCUT2D eigenvalue weighted by Crippen LogP contribution is -1.94. The van der Waals surface area contributed by atoms with Gasteiger partial charge in [-0.25, -0.2) is 4.98 Å². The number of aromatic amines is 1. The molecule has 1 aromatic carbocycles. The first-order chi connectivity index (χ1) is 11.2. The Bertz CT molecular complexity index is 1050. The maximum Gasteiger partial charge on any atom is 0.113 e. The number of imidazole rings is 1. The second-order valence-corrected chi connectivity index (χ2v) is 5.55. The summed E-state index contributed by atoms with van der Waals surface area (Å²) in [5.74, 6) is 0.841. The molecule has 0 radical (unpaired) electrons. The normalized spacial score (nSPS) is 11.0. The molecule has 0 aliphatic carbocycles. The van der Waals surface area contributed by atoms with E-state index >= 15 is 0 Å². The van der Waals surface area contributed by atoms with Crippen LogP contribution in [-0.4, -0.2) is 19.9 Å². The first-order valence-electron chi connectivity index (χ1n) is 7.32. The Morgan fingerprint density at radius 3 is 2.78 bits per heavy atom. The molecule has 0 aliphatic heterocycles. The lowest BCUT2D eigenvalue weighted by Gasteiger charge is -1.99. The first-order valence-corrected chi connectivity index (χ1v) is 7.32. The van der Waals surface area contributed by atoms with E-state index < -0.39 is 0 Å². The van der Waals surface area contributed by atoms with Crippen LogP contribution in [0.15, 0.2) is 42.7 Å². The third kappa shape index (κ3) is 2.40. The Balaban J connectivity index is 1.82. The van der Waals surface area contributed by atoms with Crippen LogP contribution in [-0.2, 0) is 6.42 Å². The van der Waals surface area contributed by atoms with E-state index in [1.165, 1.54) is 0 Å². The van der Waals surface area contributed by atoms with Crippen LogP contribution in [0.25, 0.3) is 21.9 Å². The number of hydrogen-bond acceptors (Lipinski definition) is 4. The number of pyridine rings is 2. The van der Waals surface area contributed by atoms with Crippen LogP contribution in [0, 0.1) is 18.3 Å². The minimum atomic E-state index is 0.614. The van der Waals surface area contributed by atoms with Gasteiger partial charge in [-0.2, -0.15) is 5.26 Å². The Labute approximate surface area is 132 Å². The summed E-state index contributed by atoms with van der Waals surface area (Å²) in [6, 6.07) is 11.7. The smallest absolute Gasteiger partial charge is 0.113 e. The predicted octanol–water partition coefficient (Wildman–Crippen LogP) is 3.28. The molecule has 0 saturated carbocycles. The van der Waals surface area contributed by atoms with Gasteiger partial charge in [0.2, 0.25) is 0 Å². The molecule has 0 unspecified atom stereocenters. The average Bonchev–Trinajstić information content (AvgIpc) is 2.99. The van der Waals surface area contributed by atoms with Crippen molar-refractivity contribution in [3.8, 4) is 6.07 Å². The van der Waals surface area contributed by atoms with Crippen molar-refractivity contribution in [1.82, 2.24) is 19.9 Å². The molecule has 0 bridgehead atoms. The number of H-pyrrole nitrogens is 1. The molecule has 0 amide bonds. The van der Waals surface area contributed by atoms with Gasteiger partial charge in [-0.15, -0.1) is 0 Å². The van der Waals surface area contributed by atoms with Crippen molar-refractivity contribution >= 4 is 21.9 Å². The Morgan fingerprint density at radius 1 is 1.09 bits per heavy atom. The molecule has 0 atom stereocenters. The molecule has 1 N–H and O–H groups in total. The van der Waals surface area contributed by atoms with Crippen LogP contribution in [0.4, 0.5) is 0 Å². The monoisotopic (exact) mass is 299 g/mol. The summed E-state index contributed by atoms with van der Waals surface area (Å²) < 4.78 is 0. The van der Waals surface area contributed by atoms with E-state index in [0.29, 0.717) is 12.0 Å². The van der Waals surface area contributed by atoms with Gasteiger partial charge in [0, 0.05) is 23.7 Å². The van der Waals surface area contributed by atoms with E-state index in [-0.39, 0.29) is 0 Å². The number of aryl methyl sites for hydroxylation is 1. The maximum absolute atomic E-state index is 9.09. The molecule has 0 fully saturated rings. The van der Waals surface area contributed by atoms with Crippen LogP contribution in [0.3, 0.4) is 0 Å². The van der Waals surface area contributed by atoms with E-state index in [1.807, 2.05) is 37.4 Å².